The van der Waals surface area contributed by atoms with E-state index in [1.54, 1.807) is 13.8 Å². The molecule has 0 unspecified atom stereocenters. The Morgan fingerprint density at radius 2 is 1.78 bits per heavy atom. The second-order valence-corrected chi connectivity index (χ2v) is 11.0. The molecule has 0 radical (unpaired) electrons. The molecule has 1 aromatic heterocycles. The van der Waals surface area contributed by atoms with Crippen molar-refractivity contribution in [3.63, 3.8) is 0 Å². The van der Waals surface area contributed by atoms with Gasteiger partial charge < -0.3 is 10.0 Å². The van der Waals surface area contributed by atoms with Crippen molar-refractivity contribution in [1.82, 2.24) is 9.88 Å². The highest BCUT2D eigenvalue weighted by molar-refractivity contribution is 6.30. The first-order valence-electron chi connectivity index (χ1n) is 13.0. The van der Waals surface area contributed by atoms with Gasteiger partial charge in [-0.05, 0) is 86.5 Å². The molecule has 0 bridgehead atoms. The molecule has 1 aliphatic heterocycles. The van der Waals surface area contributed by atoms with E-state index in [1.165, 1.54) is 16.7 Å². The largest absolute Gasteiger partial charge is 0.481 e. The second-order valence-electron chi connectivity index (χ2n) is 10.5. The van der Waals surface area contributed by atoms with E-state index in [9.17, 15) is 9.90 Å². The summed E-state index contributed by atoms with van der Waals surface area (Å²) in [7, 11) is 0. The van der Waals surface area contributed by atoms with Crippen LogP contribution in [0.1, 0.15) is 66.6 Å². The number of benzene rings is 2. The number of nitrogens with zero attached hydrogens (tertiary/aromatic N) is 2. The number of carboxylic acids is 1. The molecule has 2 aliphatic rings. The number of aryl methyl sites for hydroxylation is 1. The summed E-state index contributed by atoms with van der Waals surface area (Å²) in [6.07, 6.45) is 10.1. The van der Waals surface area contributed by atoms with Gasteiger partial charge >= 0.3 is 5.97 Å². The lowest BCUT2D eigenvalue weighted by Crippen LogP contribution is -2.32. The summed E-state index contributed by atoms with van der Waals surface area (Å²) in [6.45, 7) is 6.61. The van der Waals surface area contributed by atoms with Crippen LogP contribution in [0, 0.1) is 0 Å². The van der Waals surface area contributed by atoms with Crippen molar-refractivity contribution in [2.75, 3.05) is 19.6 Å². The first kappa shape index (κ1) is 25.4. The van der Waals surface area contributed by atoms with Crippen LogP contribution < -0.4 is 0 Å². The van der Waals surface area contributed by atoms with Gasteiger partial charge in [0.1, 0.15) is 0 Å². The van der Waals surface area contributed by atoms with Crippen molar-refractivity contribution in [1.29, 1.82) is 0 Å². The molecule has 37 heavy (non-hydrogen) atoms. The Labute approximate surface area is 224 Å². The molecule has 4 nitrogen and oxygen atoms in total. The molecule has 1 N–H and O–H groups in total. The molecule has 0 amide bonds. The van der Waals surface area contributed by atoms with E-state index in [2.05, 4.69) is 35.3 Å². The number of carboxylic acid groups (broad SMARTS) is 1. The zero-order valence-corrected chi connectivity index (χ0v) is 22.3. The van der Waals surface area contributed by atoms with E-state index in [0.717, 1.165) is 78.3 Å². The van der Waals surface area contributed by atoms with Crippen molar-refractivity contribution in [3.8, 4) is 0 Å². The molecule has 0 saturated carbocycles. The number of hydrogen-bond acceptors (Lipinski definition) is 3. The van der Waals surface area contributed by atoms with Gasteiger partial charge in [0, 0.05) is 35.4 Å². The Morgan fingerprint density at radius 3 is 2.57 bits per heavy atom. The number of hydrogen-bond donors (Lipinski definition) is 1. The van der Waals surface area contributed by atoms with Crippen molar-refractivity contribution in [2.24, 2.45) is 0 Å². The topological polar surface area (TPSA) is 53.4 Å². The maximum Gasteiger partial charge on any atom is 0.313 e. The number of aliphatic carboxylic acids is 1. The Morgan fingerprint density at radius 1 is 1.03 bits per heavy atom. The molecule has 0 spiro atoms. The number of rotatable bonds is 6. The van der Waals surface area contributed by atoms with Gasteiger partial charge in [0.2, 0.25) is 0 Å². The molecule has 1 saturated heterocycles. The number of fused-ring (bicyclic) bond motifs is 2. The molecule has 190 valence electrons. The molecule has 1 fully saturated rings. The van der Waals surface area contributed by atoms with E-state index >= 15 is 0 Å². The lowest BCUT2D eigenvalue weighted by atomic mass is 9.81. The third-order valence-electron chi connectivity index (χ3n) is 7.76. The number of likely N-dealkylation sites (tertiary alicyclic amines) is 1. The predicted molar refractivity (Wildman–Crippen MR) is 152 cm³/mol. The van der Waals surface area contributed by atoms with Crippen LogP contribution in [-0.4, -0.2) is 40.6 Å². The Kier molecular flexibility index (Phi) is 7.32. The van der Waals surface area contributed by atoms with Gasteiger partial charge in [-0.3, -0.25) is 9.78 Å². The number of halogens is 1. The van der Waals surface area contributed by atoms with E-state index in [4.69, 9.17) is 16.6 Å². The van der Waals surface area contributed by atoms with Crippen LogP contribution in [0.25, 0.3) is 17.7 Å². The predicted octanol–water partition coefficient (Wildman–Crippen LogP) is 7.11. The normalized spacial score (nSPS) is 15.8. The van der Waals surface area contributed by atoms with Crippen LogP contribution in [0.2, 0.25) is 5.02 Å². The lowest BCUT2D eigenvalue weighted by Gasteiger charge is -2.30. The van der Waals surface area contributed by atoms with Gasteiger partial charge in [0.15, 0.2) is 0 Å². The molecule has 3 aromatic rings. The third-order valence-corrected chi connectivity index (χ3v) is 8.00. The summed E-state index contributed by atoms with van der Waals surface area (Å²) in [5.74, 6) is -0.787. The van der Waals surface area contributed by atoms with Gasteiger partial charge in [-0.15, -0.1) is 0 Å². The zero-order valence-electron chi connectivity index (χ0n) is 21.5. The minimum absolute atomic E-state index is 0.745. The molecular formula is C32H33ClN2O2. The minimum Gasteiger partial charge on any atom is -0.481 e. The summed E-state index contributed by atoms with van der Waals surface area (Å²) in [5.41, 5.74) is 8.43. The highest BCUT2D eigenvalue weighted by Gasteiger charge is 2.31. The molecule has 5 rings (SSSR count). The van der Waals surface area contributed by atoms with E-state index in [1.807, 2.05) is 42.6 Å². The minimum atomic E-state index is -0.888. The summed E-state index contributed by atoms with van der Waals surface area (Å²) in [5, 5.41) is 10.5. The standard InChI is InChI=1S/C32H33ClN2O2/c1-32(2,31(36)37)28-10-4-3-7-22(28)9-6-18-35-19-15-23(16-20-35)29-27-14-13-26(33)21-25(27)12-11-24-8-5-17-34-30(24)29/h3-5,7-8,10-14,17,21H,6,9,15-16,18-20H2,1-2H3,(H,36,37). The molecule has 1 aliphatic carbocycles. The fourth-order valence-corrected chi connectivity index (χ4v) is 5.76. The van der Waals surface area contributed by atoms with Crippen molar-refractivity contribution < 1.29 is 9.90 Å². The SMILES string of the molecule is CC(C)(C(=O)O)c1ccccc1CCCN1CCC(=C2c3ccc(Cl)cc3C=Cc3cccnc32)CC1. The zero-order chi connectivity index (χ0) is 26.0. The van der Waals surface area contributed by atoms with Gasteiger partial charge in [0.25, 0.3) is 0 Å². The van der Waals surface area contributed by atoms with E-state index in [0.29, 0.717) is 0 Å². The summed E-state index contributed by atoms with van der Waals surface area (Å²) in [4.78, 5) is 19.2. The molecule has 2 aromatic carbocycles. The fraction of sp³-hybridized carbons (Fsp3) is 0.312. The van der Waals surface area contributed by atoms with Crippen molar-refractivity contribution >= 4 is 35.3 Å². The second kappa shape index (κ2) is 10.6. The number of piperidine rings is 1. The van der Waals surface area contributed by atoms with Gasteiger partial charge in [-0.1, -0.05) is 65.7 Å². The lowest BCUT2D eigenvalue weighted by molar-refractivity contribution is -0.142. The molecular weight excluding hydrogens is 480 g/mol. The molecule has 0 atom stereocenters. The van der Waals surface area contributed by atoms with Crippen LogP contribution >= 0.6 is 11.6 Å². The van der Waals surface area contributed by atoms with Crippen LogP contribution in [0.3, 0.4) is 0 Å². The highest BCUT2D eigenvalue weighted by atomic mass is 35.5. The number of aromatic nitrogens is 1. The Bertz CT molecular complexity index is 1380. The maximum absolute atomic E-state index is 11.8. The number of pyridine rings is 1. The number of carbonyl (C=O) groups is 1. The van der Waals surface area contributed by atoms with Gasteiger partial charge in [-0.25, -0.2) is 0 Å². The monoisotopic (exact) mass is 512 g/mol. The van der Waals surface area contributed by atoms with Crippen LogP contribution in [0.4, 0.5) is 0 Å². The van der Waals surface area contributed by atoms with Gasteiger partial charge in [0.05, 0.1) is 11.1 Å². The first-order valence-corrected chi connectivity index (χ1v) is 13.4. The summed E-state index contributed by atoms with van der Waals surface area (Å²) >= 11 is 6.34. The Hall–Kier alpha value is -3.21. The van der Waals surface area contributed by atoms with Crippen molar-refractivity contribution in [3.05, 3.63) is 105 Å². The maximum atomic E-state index is 11.8. The average Bonchev–Trinajstić information content (AvgIpc) is 3.06. The van der Waals surface area contributed by atoms with Crippen LogP contribution in [-0.2, 0) is 16.6 Å². The summed E-state index contributed by atoms with van der Waals surface area (Å²) in [6, 6.07) is 18.3. The first-order chi connectivity index (χ1) is 17.8. The fourth-order valence-electron chi connectivity index (χ4n) is 5.58. The summed E-state index contributed by atoms with van der Waals surface area (Å²) < 4.78 is 0. The Balaban J connectivity index is 1.30. The molecule has 2 heterocycles. The van der Waals surface area contributed by atoms with E-state index in [-0.39, 0.29) is 0 Å². The smallest absolute Gasteiger partial charge is 0.313 e. The third kappa shape index (κ3) is 5.27. The average molecular weight is 513 g/mol. The van der Waals surface area contributed by atoms with Crippen LogP contribution in [0.15, 0.2) is 66.4 Å². The van der Waals surface area contributed by atoms with E-state index < -0.39 is 11.4 Å². The molecule has 5 heteroatoms. The van der Waals surface area contributed by atoms with Gasteiger partial charge in [-0.2, -0.15) is 0 Å². The highest BCUT2D eigenvalue weighted by Crippen LogP contribution is 2.38. The van der Waals surface area contributed by atoms with Crippen molar-refractivity contribution in [2.45, 2.75) is 44.9 Å². The van der Waals surface area contributed by atoms with Crippen LogP contribution in [0.5, 0.6) is 0 Å². The quantitative estimate of drug-likeness (QED) is 0.299.